The number of amides is 1. The van der Waals surface area contributed by atoms with Crippen LogP contribution in [0, 0.1) is 0 Å². The molecule has 4 heterocycles. The lowest BCUT2D eigenvalue weighted by molar-refractivity contribution is 0.101. The molecular weight excluding hydrogens is 388 g/mol. The van der Waals surface area contributed by atoms with E-state index in [2.05, 4.69) is 25.5 Å². The fraction of sp³-hybridized carbons (Fsp3) is 0.105. The third-order valence-corrected chi connectivity index (χ3v) is 4.61. The molecule has 30 heavy (non-hydrogen) atoms. The average molecular weight is 404 g/mol. The van der Waals surface area contributed by atoms with Crippen LogP contribution in [0.1, 0.15) is 10.6 Å². The van der Waals surface area contributed by atoms with Gasteiger partial charge >= 0.3 is 0 Å². The van der Waals surface area contributed by atoms with Crippen molar-refractivity contribution in [1.82, 2.24) is 29.4 Å². The second-order valence-electron chi connectivity index (χ2n) is 6.47. The van der Waals surface area contributed by atoms with Gasteiger partial charge in [0.1, 0.15) is 17.0 Å². The maximum atomic E-state index is 13.0. The number of methoxy groups -OCH3 is 1. The summed E-state index contributed by atoms with van der Waals surface area (Å²) in [5, 5.41) is 12.0. The number of nitrogens with zero attached hydrogens (tertiary/aromatic N) is 6. The van der Waals surface area contributed by atoms with E-state index in [1.165, 1.54) is 15.5 Å². The van der Waals surface area contributed by atoms with Gasteiger partial charge in [-0.1, -0.05) is 0 Å². The zero-order valence-corrected chi connectivity index (χ0v) is 16.0. The van der Waals surface area contributed by atoms with Crippen LogP contribution in [0.25, 0.3) is 28.3 Å². The maximum absolute atomic E-state index is 13.0. The van der Waals surface area contributed by atoms with E-state index in [1.54, 1.807) is 50.6 Å². The van der Waals surface area contributed by atoms with Crippen molar-refractivity contribution in [2.24, 2.45) is 7.05 Å². The molecule has 11 heteroatoms. The van der Waals surface area contributed by atoms with Crippen molar-refractivity contribution in [3.8, 4) is 17.3 Å². The maximum Gasteiger partial charge on any atom is 0.293 e. The summed E-state index contributed by atoms with van der Waals surface area (Å²) < 4.78 is 13.3. The van der Waals surface area contributed by atoms with Crippen molar-refractivity contribution in [2.45, 2.75) is 0 Å². The zero-order chi connectivity index (χ0) is 20.8. The molecule has 4 aromatic heterocycles. The number of hydrogen-bond acceptors (Lipinski definition) is 8. The van der Waals surface area contributed by atoms with E-state index in [0.29, 0.717) is 45.5 Å². The van der Waals surface area contributed by atoms with Crippen LogP contribution in [0.5, 0.6) is 5.75 Å². The van der Waals surface area contributed by atoms with Gasteiger partial charge in [0.2, 0.25) is 11.6 Å². The van der Waals surface area contributed by atoms with Gasteiger partial charge in [0.05, 0.1) is 13.4 Å². The summed E-state index contributed by atoms with van der Waals surface area (Å²) in [4.78, 5) is 21.9. The molecule has 0 atom stereocenters. The number of nitrogen functional groups attached to an aromatic ring is 1. The Bertz CT molecular complexity index is 1380. The summed E-state index contributed by atoms with van der Waals surface area (Å²) in [6, 6.07) is 10.4. The molecule has 3 N–H and O–H groups in total. The monoisotopic (exact) mass is 404 g/mol. The lowest BCUT2D eigenvalue weighted by Gasteiger charge is -2.07. The van der Waals surface area contributed by atoms with Gasteiger partial charge in [0.15, 0.2) is 17.1 Å². The minimum atomic E-state index is -0.479. The molecule has 150 valence electrons. The first kappa shape index (κ1) is 17.7. The van der Waals surface area contributed by atoms with E-state index in [1.807, 2.05) is 0 Å². The highest BCUT2D eigenvalue weighted by Crippen LogP contribution is 2.26. The Hall–Kier alpha value is -4.41. The summed E-state index contributed by atoms with van der Waals surface area (Å²) in [5.41, 5.74) is 7.38. The molecule has 1 aromatic carbocycles. The Labute approximate surface area is 169 Å². The van der Waals surface area contributed by atoms with Crippen LogP contribution in [-0.4, -0.2) is 42.4 Å². The molecule has 0 fully saturated rings. The number of ether oxygens (including phenoxy) is 1. The van der Waals surface area contributed by atoms with Crippen molar-refractivity contribution in [3.05, 3.63) is 48.5 Å². The number of aryl methyl sites for hydroxylation is 1. The minimum absolute atomic E-state index is 0.0109. The van der Waals surface area contributed by atoms with Crippen LogP contribution in [-0.2, 0) is 7.05 Å². The van der Waals surface area contributed by atoms with Gasteiger partial charge in [-0.25, -0.2) is 9.97 Å². The number of anilines is 2. The van der Waals surface area contributed by atoms with Crippen LogP contribution in [0.4, 0.5) is 11.5 Å². The molecule has 0 saturated heterocycles. The summed E-state index contributed by atoms with van der Waals surface area (Å²) >= 11 is 0. The van der Waals surface area contributed by atoms with E-state index >= 15 is 0 Å². The first-order valence-electron chi connectivity index (χ1n) is 8.93. The Kier molecular flexibility index (Phi) is 3.88. The first-order valence-corrected chi connectivity index (χ1v) is 8.93. The van der Waals surface area contributed by atoms with Crippen LogP contribution >= 0.6 is 0 Å². The average Bonchev–Trinajstić information content (AvgIpc) is 3.47. The highest BCUT2D eigenvalue weighted by molar-refractivity contribution is 6.06. The van der Waals surface area contributed by atoms with E-state index in [0.717, 1.165) is 0 Å². The summed E-state index contributed by atoms with van der Waals surface area (Å²) in [5.74, 6) is 1.33. The number of rotatable bonds is 4. The summed E-state index contributed by atoms with van der Waals surface area (Å²) in [7, 11) is 3.26. The number of fused-ring (bicyclic) bond motifs is 3. The topological polar surface area (TPSA) is 138 Å². The molecule has 0 aliphatic heterocycles. The number of furan rings is 1. The van der Waals surface area contributed by atoms with Crippen LogP contribution in [0.15, 0.2) is 47.1 Å². The fourth-order valence-corrected chi connectivity index (χ4v) is 3.10. The summed E-state index contributed by atoms with van der Waals surface area (Å²) in [6.07, 6.45) is 1.52. The second kappa shape index (κ2) is 6.58. The lowest BCUT2D eigenvalue weighted by atomic mass is 10.3. The highest BCUT2D eigenvalue weighted by atomic mass is 16.5. The normalized spacial score (nSPS) is 11.3. The number of hydrogen-bond donors (Lipinski definition) is 2. The predicted octanol–water partition coefficient (Wildman–Crippen LogP) is 2.11. The number of carbonyl (C=O) groups excluding carboxylic acids is 1. The third kappa shape index (κ3) is 2.71. The largest absolute Gasteiger partial charge is 0.497 e. The molecule has 0 aliphatic carbocycles. The molecule has 5 aromatic rings. The molecule has 0 unspecified atom stereocenters. The Morgan fingerprint density at radius 3 is 2.67 bits per heavy atom. The van der Waals surface area contributed by atoms with E-state index in [9.17, 15) is 4.79 Å². The second-order valence-corrected chi connectivity index (χ2v) is 6.47. The predicted molar refractivity (Wildman–Crippen MR) is 108 cm³/mol. The number of benzene rings is 1. The smallest absolute Gasteiger partial charge is 0.293 e. The van der Waals surface area contributed by atoms with Crippen LogP contribution < -0.4 is 15.8 Å². The van der Waals surface area contributed by atoms with Crippen LogP contribution in [0.2, 0.25) is 0 Å². The number of aromatic nitrogens is 6. The minimum Gasteiger partial charge on any atom is -0.497 e. The molecule has 0 aliphatic rings. The van der Waals surface area contributed by atoms with Gasteiger partial charge in [0, 0.05) is 12.7 Å². The Morgan fingerprint density at radius 2 is 1.97 bits per heavy atom. The van der Waals surface area contributed by atoms with Crippen molar-refractivity contribution >= 4 is 34.1 Å². The highest BCUT2D eigenvalue weighted by Gasteiger charge is 2.23. The number of nitrogens with one attached hydrogen (secondary N) is 1. The molecule has 1 amide bonds. The SMILES string of the molecule is COc1ccc(NC(=O)c2nc3nn(C)c(N)c3c3nc(-c4ccco4)nn23)cc1. The molecular formula is C19H16N8O3. The molecule has 0 radical (unpaired) electrons. The van der Waals surface area contributed by atoms with Crippen molar-refractivity contribution in [3.63, 3.8) is 0 Å². The van der Waals surface area contributed by atoms with E-state index < -0.39 is 5.91 Å². The van der Waals surface area contributed by atoms with Gasteiger partial charge in [-0.15, -0.1) is 5.10 Å². The molecule has 0 bridgehead atoms. The van der Waals surface area contributed by atoms with Crippen molar-refractivity contribution < 1.29 is 13.9 Å². The number of carbonyl (C=O) groups is 1. The van der Waals surface area contributed by atoms with Gasteiger partial charge in [0.25, 0.3) is 5.91 Å². The molecule has 11 nitrogen and oxygen atoms in total. The van der Waals surface area contributed by atoms with E-state index in [-0.39, 0.29) is 5.82 Å². The van der Waals surface area contributed by atoms with Gasteiger partial charge in [-0.2, -0.15) is 9.61 Å². The quantitative estimate of drug-likeness (QED) is 0.464. The molecule has 5 rings (SSSR count). The van der Waals surface area contributed by atoms with Gasteiger partial charge < -0.3 is 20.2 Å². The fourth-order valence-electron chi connectivity index (χ4n) is 3.10. The molecule has 0 spiro atoms. The zero-order valence-electron chi connectivity index (χ0n) is 16.0. The Morgan fingerprint density at radius 1 is 1.17 bits per heavy atom. The van der Waals surface area contributed by atoms with Crippen molar-refractivity contribution in [1.29, 1.82) is 0 Å². The lowest BCUT2D eigenvalue weighted by Crippen LogP contribution is -2.19. The van der Waals surface area contributed by atoms with Crippen LogP contribution in [0.3, 0.4) is 0 Å². The molecule has 0 saturated carbocycles. The summed E-state index contributed by atoms with van der Waals surface area (Å²) in [6.45, 7) is 0. The van der Waals surface area contributed by atoms with Crippen molar-refractivity contribution in [2.75, 3.05) is 18.2 Å². The van der Waals surface area contributed by atoms with E-state index in [4.69, 9.17) is 14.9 Å². The van der Waals surface area contributed by atoms with Gasteiger partial charge in [-0.3, -0.25) is 9.48 Å². The standard InChI is InChI=1S/C19H16N8O3/c1-26-14(20)13-16(24-26)23-18(19(28)21-10-5-7-11(29-2)8-6-10)27-17(13)22-15(25-27)12-4-3-9-30-12/h3-9H,20H2,1-2H3,(H,21,28). The Balaban J connectivity index is 1.66. The third-order valence-electron chi connectivity index (χ3n) is 4.61. The first-order chi connectivity index (χ1) is 14.5. The number of nitrogens with two attached hydrogens (primary N) is 1. The van der Waals surface area contributed by atoms with Gasteiger partial charge in [-0.05, 0) is 36.4 Å².